The summed E-state index contributed by atoms with van der Waals surface area (Å²) in [4.78, 5) is 5.18. The van der Waals surface area contributed by atoms with E-state index in [2.05, 4.69) is 23.8 Å². The van der Waals surface area contributed by atoms with E-state index in [1.807, 2.05) is 0 Å². The number of hydrogen-bond donors (Lipinski definition) is 1. The normalized spacial score (nSPS) is 32.8. The van der Waals surface area contributed by atoms with Gasteiger partial charge in [0, 0.05) is 18.6 Å². The second kappa shape index (κ2) is 5.48. The zero-order valence-electron chi connectivity index (χ0n) is 10.9. The predicted octanol–water partition coefficient (Wildman–Crippen LogP) is 1.14. The highest BCUT2D eigenvalue weighted by Gasteiger charge is 2.28. The molecule has 0 aliphatic carbocycles. The van der Waals surface area contributed by atoms with E-state index in [9.17, 15) is 0 Å². The summed E-state index contributed by atoms with van der Waals surface area (Å²) in [7, 11) is 2.25. The molecule has 2 atom stereocenters. The highest BCUT2D eigenvalue weighted by atomic mass is 15.2. The van der Waals surface area contributed by atoms with Gasteiger partial charge in [-0.1, -0.05) is 0 Å². The zero-order chi connectivity index (χ0) is 11.5. The Balaban J connectivity index is 1.79. The van der Waals surface area contributed by atoms with Gasteiger partial charge in [-0.25, -0.2) is 0 Å². The van der Waals surface area contributed by atoms with Gasteiger partial charge in [-0.2, -0.15) is 0 Å². The van der Waals surface area contributed by atoms with Crippen LogP contribution in [0.2, 0.25) is 0 Å². The summed E-state index contributed by atoms with van der Waals surface area (Å²) in [6, 6.07) is 1.20. The van der Waals surface area contributed by atoms with Gasteiger partial charge in [0.2, 0.25) is 0 Å². The lowest BCUT2D eigenvalue weighted by molar-refractivity contribution is 0.0750. The van der Waals surface area contributed by atoms with Crippen molar-refractivity contribution in [2.24, 2.45) is 11.7 Å². The molecule has 0 aromatic rings. The van der Waals surface area contributed by atoms with Crippen molar-refractivity contribution in [3.63, 3.8) is 0 Å². The predicted molar refractivity (Wildman–Crippen MR) is 68.5 cm³/mol. The largest absolute Gasteiger partial charge is 0.328 e. The Bertz CT molecular complexity index is 209. The first-order valence-corrected chi connectivity index (χ1v) is 6.85. The topological polar surface area (TPSA) is 32.5 Å². The Morgan fingerprint density at radius 1 is 1.12 bits per heavy atom. The summed E-state index contributed by atoms with van der Waals surface area (Å²) in [5.74, 6) is 0.762. The minimum atomic E-state index is 0.385. The summed E-state index contributed by atoms with van der Waals surface area (Å²) >= 11 is 0. The summed E-state index contributed by atoms with van der Waals surface area (Å²) < 4.78 is 0. The van der Waals surface area contributed by atoms with E-state index in [0.717, 1.165) is 12.0 Å². The maximum absolute atomic E-state index is 5.99. The van der Waals surface area contributed by atoms with Gasteiger partial charge in [0.15, 0.2) is 0 Å². The molecule has 2 fully saturated rings. The van der Waals surface area contributed by atoms with Crippen LogP contribution in [-0.2, 0) is 0 Å². The van der Waals surface area contributed by atoms with Crippen molar-refractivity contribution in [2.75, 3.05) is 33.2 Å². The molecule has 2 heterocycles. The van der Waals surface area contributed by atoms with E-state index < -0.39 is 0 Å². The van der Waals surface area contributed by atoms with Crippen LogP contribution in [0.15, 0.2) is 0 Å². The lowest BCUT2D eigenvalue weighted by atomic mass is 9.89. The summed E-state index contributed by atoms with van der Waals surface area (Å²) in [5, 5.41) is 0. The first-order chi connectivity index (χ1) is 7.66. The van der Waals surface area contributed by atoms with E-state index in [-0.39, 0.29) is 0 Å². The minimum Gasteiger partial charge on any atom is -0.328 e. The van der Waals surface area contributed by atoms with Gasteiger partial charge in [0.1, 0.15) is 0 Å². The number of hydrogen-bond acceptors (Lipinski definition) is 3. The van der Waals surface area contributed by atoms with Gasteiger partial charge in [0.05, 0.1) is 0 Å². The van der Waals surface area contributed by atoms with Crippen LogP contribution < -0.4 is 5.73 Å². The number of piperidine rings is 2. The van der Waals surface area contributed by atoms with Crippen LogP contribution in [0.3, 0.4) is 0 Å². The fraction of sp³-hybridized carbons (Fsp3) is 1.00. The molecular formula is C13H27N3. The Morgan fingerprint density at radius 2 is 1.81 bits per heavy atom. The smallest absolute Gasteiger partial charge is 0.0223 e. The van der Waals surface area contributed by atoms with Crippen molar-refractivity contribution < 1.29 is 0 Å². The summed E-state index contributed by atoms with van der Waals surface area (Å²) in [6.45, 7) is 7.25. The summed E-state index contributed by atoms with van der Waals surface area (Å²) in [6.07, 6.45) is 5.37. The standard InChI is InChI=1S/C13H27N3/c1-11(14)12-5-8-16(9-6-12)13-4-3-7-15(2)10-13/h11-13H,3-10,14H2,1-2H3. The SMILES string of the molecule is CC(N)C1CCN(C2CCCN(C)C2)CC1. The van der Waals surface area contributed by atoms with Crippen molar-refractivity contribution in [3.8, 4) is 0 Å². The van der Waals surface area contributed by atoms with Crippen LogP contribution in [0.1, 0.15) is 32.6 Å². The fourth-order valence-corrected chi connectivity index (χ4v) is 3.25. The van der Waals surface area contributed by atoms with Crippen molar-refractivity contribution in [3.05, 3.63) is 0 Å². The quantitative estimate of drug-likeness (QED) is 0.765. The molecule has 3 heteroatoms. The first-order valence-electron chi connectivity index (χ1n) is 6.85. The first kappa shape index (κ1) is 12.3. The fourth-order valence-electron chi connectivity index (χ4n) is 3.25. The number of nitrogens with zero attached hydrogens (tertiary/aromatic N) is 2. The Labute approximate surface area is 100.0 Å². The monoisotopic (exact) mass is 225 g/mol. The lowest BCUT2D eigenvalue weighted by Gasteiger charge is -2.42. The third-order valence-electron chi connectivity index (χ3n) is 4.43. The molecule has 0 saturated carbocycles. The molecule has 94 valence electrons. The van der Waals surface area contributed by atoms with Crippen molar-refractivity contribution in [2.45, 2.75) is 44.7 Å². The van der Waals surface area contributed by atoms with Gasteiger partial charge in [-0.05, 0) is 65.2 Å². The average molecular weight is 225 g/mol. The second-order valence-corrected chi connectivity index (χ2v) is 5.79. The van der Waals surface area contributed by atoms with E-state index in [1.54, 1.807) is 0 Å². The van der Waals surface area contributed by atoms with Crippen LogP contribution >= 0.6 is 0 Å². The van der Waals surface area contributed by atoms with Gasteiger partial charge >= 0.3 is 0 Å². The molecule has 2 aliphatic rings. The van der Waals surface area contributed by atoms with E-state index in [0.29, 0.717) is 6.04 Å². The molecule has 2 rings (SSSR count). The second-order valence-electron chi connectivity index (χ2n) is 5.79. The molecule has 2 aliphatic heterocycles. The third kappa shape index (κ3) is 2.96. The molecule has 3 nitrogen and oxygen atoms in total. The molecule has 0 bridgehead atoms. The Morgan fingerprint density at radius 3 is 2.38 bits per heavy atom. The molecule has 0 spiro atoms. The van der Waals surface area contributed by atoms with Gasteiger partial charge in [-0.15, -0.1) is 0 Å². The highest BCUT2D eigenvalue weighted by molar-refractivity contribution is 4.84. The van der Waals surface area contributed by atoms with Crippen molar-refractivity contribution in [1.82, 2.24) is 9.80 Å². The third-order valence-corrected chi connectivity index (χ3v) is 4.43. The van der Waals surface area contributed by atoms with E-state index >= 15 is 0 Å². The zero-order valence-corrected chi connectivity index (χ0v) is 10.9. The molecular weight excluding hydrogens is 198 g/mol. The van der Waals surface area contributed by atoms with Crippen LogP contribution in [0, 0.1) is 5.92 Å². The molecule has 0 radical (unpaired) electrons. The minimum absolute atomic E-state index is 0.385. The van der Waals surface area contributed by atoms with Crippen LogP contribution in [0.5, 0.6) is 0 Å². The Kier molecular flexibility index (Phi) is 4.22. The van der Waals surface area contributed by atoms with Crippen LogP contribution in [0.4, 0.5) is 0 Å². The molecule has 0 aromatic heterocycles. The molecule has 2 saturated heterocycles. The summed E-state index contributed by atoms with van der Waals surface area (Å²) in [5.41, 5.74) is 5.99. The van der Waals surface area contributed by atoms with Crippen LogP contribution in [-0.4, -0.2) is 55.1 Å². The lowest BCUT2D eigenvalue weighted by Crippen LogP contribution is -2.50. The maximum Gasteiger partial charge on any atom is 0.0223 e. The van der Waals surface area contributed by atoms with Gasteiger partial charge < -0.3 is 10.6 Å². The highest BCUT2D eigenvalue weighted by Crippen LogP contribution is 2.24. The number of likely N-dealkylation sites (tertiary alicyclic amines) is 2. The number of rotatable bonds is 2. The van der Waals surface area contributed by atoms with Crippen molar-refractivity contribution in [1.29, 1.82) is 0 Å². The molecule has 16 heavy (non-hydrogen) atoms. The van der Waals surface area contributed by atoms with Gasteiger partial charge in [-0.3, -0.25) is 4.90 Å². The van der Waals surface area contributed by atoms with Crippen LogP contribution in [0.25, 0.3) is 0 Å². The Hall–Kier alpha value is -0.120. The molecule has 2 N–H and O–H groups in total. The van der Waals surface area contributed by atoms with E-state index in [1.165, 1.54) is 51.9 Å². The van der Waals surface area contributed by atoms with E-state index in [4.69, 9.17) is 5.73 Å². The van der Waals surface area contributed by atoms with Crippen molar-refractivity contribution >= 4 is 0 Å². The molecule has 0 amide bonds. The number of likely N-dealkylation sites (N-methyl/N-ethyl adjacent to an activating group) is 1. The molecule has 0 aromatic carbocycles. The number of nitrogens with two attached hydrogens (primary N) is 1. The van der Waals surface area contributed by atoms with Gasteiger partial charge in [0.25, 0.3) is 0 Å². The maximum atomic E-state index is 5.99. The average Bonchev–Trinajstić information content (AvgIpc) is 2.29. The molecule has 2 unspecified atom stereocenters.